The lowest BCUT2D eigenvalue weighted by Crippen LogP contribution is -2.22. The van der Waals surface area contributed by atoms with Crippen molar-refractivity contribution in [1.82, 2.24) is 0 Å². The molecule has 17 heavy (non-hydrogen) atoms. The molecule has 0 bridgehead atoms. The van der Waals surface area contributed by atoms with Gasteiger partial charge < -0.3 is 4.74 Å². The van der Waals surface area contributed by atoms with Crippen LogP contribution in [0.4, 0.5) is 0 Å². The van der Waals surface area contributed by atoms with E-state index in [-0.39, 0.29) is 11.8 Å². The van der Waals surface area contributed by atoms with Gasteiger partial charge in [-0.25, -0.2) is 0 Å². The van der Waals surface area contributed by atoms with E-state index in [9.17, 15) is 4.79 Å². The van der Waals surface area contributed by atoms with E-state index in [4.69, 9.17) is 16.3 Å². The smallest absolute Gasteiger partial charge is 0.173 e. The average molecular weight is 252 g/mol. The summed E-state index contributed by atoms with van der Waals surface area (Å²) in [5, 5.41) is 0.677. The Kier molecular flexibility index (Phi) is 3.79. The first kappa shape index (κ1) is 12.1. The van der Waals surface area contributed by atoms with Crippen molar-refractivity contribution in [2.24, 2.45) is 4.99 Å². The van der Waals surface area contributed by atoms with Crippen molar-refractivity contribution in [1.29, 1.82) is 0 Å². The normalized spacial score (nSPS) is 24.9. The molecule has 0 fully saturated rings. The van der Waals surface area contributed by atoms with Crippen LogP contribution in [0, 0.1) is 0 Å². The Morgan fingerprint density at radius 3 is 2.94 bits per heavy atom. The molecule has 0 aliphatic carbocycles. The minimum absolute atomic E-state index is 0.0971. The Labute approximate surface area is 105 Å². The lowest BCUT2D eigenvalue weighted by atomic mass is 9.99. The van der Waals surface area contributed by atoms with Gasteiger partial charge in [-0.3, -0.25) is 9.79 Å². The minimum Gasteiger partial charge on any atom is -0.473 e. The number of nitrogens with zero attached hydrogens (tertiary/aromatic N) is 1. The molecule has 90 valence electrons. The van der Waals surface area contributed by atoms with Crippen LogP contribution in [0.25, 0.3) is 0 Å². The zero-order valence-corrected chi connectivity index (χ0v) is 10.4. The average Bonchev–Trinajstić information content (AvgIpc) is 2.32. The number of hydrogen-bond acceptors (Lipinski definition) is 3. The molecule has 2 rings (SSSR count). The van der Waals surface area contributed by atoms with E-state index in [1.807, 2.05) is 24.3 Å². The van der Waals surface area contributed by atoms with Gasteiger partial charge >= 0.3 is 0 Å². The lowest BCUT2D eigenvalue weighted by Gasteiger charge is -2.18. The Hall–Kier alpha value is -1.35. The molecule has 1 aromatic rings. The number of Topliss-reactive ketones (excluding diaryl/α,β-unsaturated/α-hetero) is 1. The highest BCUT2D eigenvalue weighted by Gasteiger charge is 2.20. The molecule has 0 aromatic heterocycles. The fourth-order valence-corrected chi connectivity index (χ4v) is 2.08. The van der Waals surface area contributed by atoms with E-state index in [1.54, 1.807) is 6.92 Å². The number of ether oxygens (including phenoxy) is 1. The summed E-state index contributed by atoms with van der Waals surface area (Å²) in [5.74, 6) is 0.105. The minimum atomic E-state index is -0.397. The Balaban J connectivity index is 2.22. The van der Waals surface area contributed by atoms with E-state index in [0.29, 0.717) is 17.9 Å². The third-order valence-electron chi connectivity index (χ3n) is 2.89. The first-order valence-electron chi connectivity index (χ1n) is 5.62. The van der Waals surface area contributed by atoms with Crippen LogP contribution in [0.5, 0.6) is 0 Å². The molecular formula is C13H14ClNO2. The fraction of sp³-hybridized carbons (Fsp3) is 0.385. The predicted molar refractivity (Wildman–Crippen MR) is 67.5 cm³/mol. The summed E-state index contributed by atoms with van der Waals surface area (Å²) in [5.41, 5.74) is 0.941. The molecular weight excluding hydrogens is 238 g/mol. The van der Waals surface area contributed by atoms with Crippen LogP contribution in [-0.2, 0) is 9.53 Å². The highest BCUT2D eigenvalue weighted by Crippen LogP contribution is 2.29. The zero-order valence-electron chi connectivity index (χ0n) is 9.60. The van der Waals surface area contributed by atoms with Crippen molar-refractivity contribution in [2.75, 3.05) is 0 Å². The maximum Gasteiger partial charge on any atom is 0.173 e. The molecule has 1 aliphatic heterocycles. The maximum atomic E-state index is 11.6. The van der Waals surface area contributed by atoms with E-state index < -0.39 is 6.10 Å². The molecule has 0 amide bonds. The van der Waals surface area contributed by atoms with Crippen molar-refractivity contribution >= 4 is 23.8 Å². The highest BCUT2D eigenvalue weighted by atomic mass is 35.5. The fourth-order valence-electron chi connectivity index (χ4n) is 1.81. The van der Waals surface area contributed by atoms with Crippen molar-refractivity contribution in [3.63, 3.8) is 0 Å². The summed E-state index contributed by atoms with van der Waals surface area (Å²) in [4.78, 5) is 15.9. The van der Waals surface area contributed by atoms with Gasteiger partial charge in [-0.05, 0) is 25.0 Å². The summed E-state index contributed by atoms with van der Waals surface area (Å²) in [6.07, 6.45) is 2.11. The standard InChI is InChI=1S/C13H14ClNO2/c1-9-13(16)7-6-12(15-8-17-9)10-4-2-3-5-11(10)14/h2-5,8-9,12H,6-7H2,1H3. The number of rotatable bonds is 1. The van der Waals surface area contributed by atoms with E-state index in [0.717, 1.165) is 5.56 Å². The second-order valence-corrected chi connectivity index (χ2v) is 4.48. The number of carbonyl (C=O) groups is 1. The number of carbonyl (C=O) groups excluding carboxylic acids is 1. The number of benzene rings is 1. The van der Waals surface area contributed by atoms with E-state index in [2.05, 4.69) is 4.99 Å². The topological polar surface area (TPSA) is 38.7 Å². The van der Waals surface area contributed by atoms with Crippen LogP contribution in [0.1, 0.15) is 31.4 Å². The Morgan fingerprint density at radius 2 is 2.18 bits per heavy atom. The second kappa shape index (κ2) is 5.32. The third kappa shape index (κ3) is 2.86. The molecule has 0 saturated heterocycles. The van der Waals surface area contributed by atoms with Gasteiger partial charge in [-0.15, -0.1) is 0 Å². The number of aliphatic imine (C=N–C) groups is 1. The number of hydrogen-bond donors (Lipinski definition) is 0. The van der Waals surface area contributed by atoms with Gasteiger partial charge in [0.25, 0.3) is 0 Å². The first-order chi connectivity index (χ1) is 8.18. The summed E-state index contributed by atoms with van der Waals surface area (Å²) in [6, 6.07) is 7.46. The second-order valence-electron chi connectivity index (χ2n) is 4.08. The molecule has 3 nitrogen and oxygen atoms in total. The zero-order chi connectivity index (χ0) is 12.3. The van der Waals surface area contributed by atoms with E-state index >= 15 is 0 Å². The summed E-state index contributed by atoms with van der Waals surface area (Å²) >= 11 is 6.12. The highest BCUT2D eigenvalue weighted by molar-refractivity contribution is 6.31. The van der Waals surface area contributed by atoms with Crippen molar-refractivity contribution in [3.8, 4) is 0 Å². The molecule has 0 N–H and O–H groups in total. The van der Waals surface area contributed by atoms with Crippen LogP contribution < -0.4 is 0 Å². The quantitative estimate of drug-likeness (QED) is 0.769. The van der Waals surface area contributed by atoms with Gasteiger partial charge in [0, 0.05) is 11.4 Å². The molecule has 1 heterocycles. The molecule has 2 atom stereocenters. The molecule has 2 unspecified atom stereocenters. The summed E-state index contributed by atoms with van der Waals surface area (Å²) < 4.78 is 5.20. The number of halogens is 1. The molecule has 0 saturated carbocycles. The van der Waals surface area contributed by atoms with Crippen LogP contribution in [0.15, 0.2) is 29.3 Å². The van der Waals surface area contributed by atoms with Crippen LogP contribution >= 0.6 is 11.6 Å². The molecule has 1 aromatic carbocycles. The Morgan fingerprint density at radius 1 is 1.41 bits per heavy atom. The summed E-state index contributed by atoms with van der Waals surface area (Å²) in [7, 11) is 0. The van der Waals surface area contributed by atoms with Crippen LogP contribution in [0.3, 0.4) is 0 Å². The SMILES string of the molecule is CC1OC=NC(c2ccccc2Cl)CCC1=O. The van der Waals surface area contributed by atoms with Crippen LogP contribution in [0.2, 0.25) is 5.02 Å². The van der Waals surface area contributed by atoms with Gasteiger partial charge in [0.2, 0.25) is 0 Å². The molecule has 0 radical (unpaired) electrons. The lowest BCUT2D eigenvalue weighted by molar-refractivity contribution is -0.125. The molecule has 4 heteroatoms. The van der Waals surface area contributed by atoms with Gasteiger partial charge in [0.15, 0.2) is 18.3 Å². The molecule has 0 spiro atoms. The Bertz CT molecular complexity index is 445. The van der Waals surface area contributed by atoms with Crippen molar-refractivity contribution < 1.29 is 9.53 Å². The maximum absolute atomic E-state index is 11.6. The van der Waals surface area contributed by atoms with Gasteiger partial charge in [0.05, 0.1) is 6.04 Å². The largest absolute Gasteiger partial charge is 0.473 e. The molecule has 1 aliphatic rings. The van der Waals surface area contributed by atoms with Gasteiger partial charge in [-0.1, -0.05) is 29.8 Å². The third-order valence-corrected chi connectivity index (χ3v) is 3.23. The van der Waals surface area contributed by atoms with Gasteiger partial charge in [0.1, 0.15) is 0 Å². The number of ketones is 1. The monoisotopic (exact) mass is 251 g/mol. The summed E-state index contributed by atoms with van der Waals surface area (Å²) in [6.45, 7) is 1.74. The van der Waals surface area contributed by atoms with Crippen LogP contribution in [-0.4, -0.2) is 18.3 Å². The van der Waals surface area contributed by atoms with Crippen molar-refractivity contribution in [2.45, 2.75) is 31.9 Å². The predicted octanol–water partition coefficient (Wildman–Crippen LogP) is 3.18. The first-order valence-corrected chi connectivity index (χ1v) is 6.00. The van der Waals surface area contributed by atoms with Crippen molar-refractivity contribution in [3.05, 3.63) is 34.9 Å². The van der Waals surface area contributed by atoms with Gasteiger partial charge in [-0.2, -0.15) is 0 Å². The van der Waals surface area contributed by atoms with E-state index in [1.165, 1.54) is 6.40 Å².